The first-order valence-corrected chi connectivity index (χ1v) is 6.70. The summed E-state index contributed by atoms with van der Waals surface area (Å²) >= 11 is 0. The number of fused-ring (bicyclic) bond motifs is 2. The van der Waals surface area contributed by atoms with Crippen LogP contribution >= 0.6 is 0 Å². The lowest BCUT2D eigenvalue weighted by Crippen LogP contribution is -2.18. The highest BCUT2D eigenvalue weighted by molar-refractivity contribution is 5.94. The predicted molar refractivity (Wildman–Crippen MR) is 79.0 cm³/mol. The summed E-state index contributed by atoms with van der Waals surface area (Å²) in [6, 6.07) is 6.14. The van der Waals surface area contributed by atoms with Crippen LogP contribution in [0.3, 0.4) is 0 Å². The fourth-order valence-electron chi connectivity index (χ4n) is 2.31. The molecule has 1 N–H and O–H groups in total. The maximum Gasteiger partial charge on any atom is 0.231 e. The fraction of sp³-hybridized carbons (Fsp3) is 0.312. The average Bonchev–Trinajstić information content (AvgIpc) is 2.92. The maximum atomic E-state index is 5.43. The van der Waals surface area contributed by atoms with Gasteiger partial charge in [0.05, 0.1) is 0 Å². The first-order chi connectivity index (χ1) is 9.81. The van der Waals surface area contributed by atoms with Crippen molar-refractivity contribution in [1.82, 2.24) is 4.98 Å². The predicted octanol–water partition coefficient (Wildman–Crippen LogP) is 3.18. The summed E-state index contributed by atoms with van der Waals surface area (Å²) in [4.78, 5) is 4.43. The van der Waals surface area contributed by atoms with Crippen LogP contribution in [-0.4, -0.2) is 17.8 Å². The lowest BCUT2D eigenvalue weighted by Gasteiger charge is -2.16. The van der Waals surface area contributed by atoms with E-state index in [-0.39, 0.29) is 12.8 Å². The summed E-state index contributed by atoms with van der Waals surface area (Å²) in [6.07, 6.45) is 8.82. The number of benzene rings is 1. The molecule has 1 aromatic heterocycles. The van der Waals surface area contributed by atoms with Crippen molar-refractivity contribution >= 4 is 16.6 Å². The smallest absolute Gasteiger partial charge is 0.231 e. The molecule has 3 rings (SSSR count). The molecule has 1 aromatic carbocycles. The van der Waals surface area contributed by atoms with Crippen molar-refractivity contribution in [2.24, 2.45) is 0 Å². The Hall–Kier alpha value is -2.41. The van der Waals surface area contributed by atoms with Crippen molar-refractivity contribution < 1.29 is 9.47 Å². The molecule has 1 unspecified atom stereocenters. The average molecular weight is 268 g/mol. The van der Waals surface area contributed by atoms with Gasteiger partial charge >= 0.3 is 0 Å². The van der Waals surface area contributed by atoms with Crippen LogP contribution in [0.15, 0.2) is 24.4 Å². The normalized spacial score (nSPS) is 14.0. The van der Waals surface area contributed by atoms with Crippen LogP contribution in [0, 0.1) is 12.3 Å². The van der Waals surface area contributed by atoms with Crippen LogP contribution < -0.4 is 14.8 Å². The lowest BCUT2D eigenvalue weighted by molar-refractivity contribution is 0.174. The molecule has 0 amide bonds. The van der Waals surface area contributed by atoms with Gasteiger partial charge in [0.15, 0.2) is 11.5 Å². The van der Waals surface area contributed by atoms with E-state index < -0.39 is 0 Å². The molecule has 102 valence electrons. The third kappa shape index (κ3) is 2.23. The van der Waals surface area contributed by atoms with Gasteiger partial charge in [0, 0.05) is 24.0 Å². The second-order valence-electron chi connectivity index (χ2n) is 4.74. The van der Waals surface area contributed by atoms with Crippen LogP contribution in [0.4, 0.5) is 5.82 Å². The minimum absolute atomic E-state index is 0.225. The summed E-state index contributed by atoms with van der Waals surface area (Å²) in [5.74, 6) is 5.07. The lowest BCUT2D eigenvalue weighted by atomic mass is 10.1. The van der Waals surface area contributed by atoms with Crippen LogP contribution in [0.2, 0.25) is 0 Å². The summed E-state index contributed by atoms with van der Waals surface area (Å²) in [5.41, 5.74) is 0. The van der Waals surface area contributed by atoms with Crippen molar-refractivity contribution in [2.75, 3.05) is 12.1 Å². The van der Waals surface area contributed by atoms with E-state index in [1.807, 2.05) is 18.2 Å². The summed E-state index contributed by atoms with van der Waals surface area (Å²) < 4.78 is 10.8. The topological polar surface area (TPSA) is 43.4 Å². The number of terminal acetylenes is 1. The number of nitrogens with one attached hydrogen (secondary N) is 1. The summed E-state index contributed by atoms with van der Waals surface area (Å²) in [6.45, 7) is 2.38. The SMILES string of the molecule is C#CCC(CC)Nc1nccc2cc3c(cc12)OCO3. The van der Waals surface area contributed by atoms with Gasteiger partial charge in [-0.25, -0.2) is 4.98 Å². The second kappa shape index (κ2) is 5.30. The van der Waals surface area contributed by atoms with Crippen molar-refractivity contribution in [3.05, 3.63) is 24.4 Å². The molecule has 0 fully saturated rings. The molecular weight excluding hydrogens is 252 g/mol. The molecule has 0 saturated heterocycles. The highest BCUT2D eigenvalue weighted by Crippen LogP contribution is 2.37. The van der Waals surface area contributed by atoms with E-state index in [0.29, 0.717) is 6.42 Å². The quantitative estimate of drug-likeness (QED) is 0.865. The molecule has 1 aliphatic rings. The third-order valence-corrected chi connectivity index (χ3v) is 3.46. The van der Waals surface area contributed by atoms with Crippen molar-refractivity contribution in [3.8, 4) is 23.8 Å². The molecule has 4 heteroatoms. The van der Waals surface area contributed by atoms with Crippen LogP contribution in [0.5, 0.6) is 11.5 Å². The van der Waals surface area contributed by atoms with Gasteiger partial charge < -0.3 is 14.8 Å². The van der Waals surface area contributed by atoms with Gasteiger partial charge in [0.2, 0.25) is 6.79 Å². The van der Waals surface area contributed by atoms with Crippen LogP contribution in [-0.2, 0) is 0 Å². The number of aromatic nitrogens is 1. The molecule has 0 bridgehead atoms. The van der Waals surface area contributed by atoms with Gasteiger partial charge in [-0.2, -0.15) is 0 Å². The standard InChI is InChI=1S/C16H16N2O2/c1-3-5-12(4-2)18-16-13-9-15-14(19-10-20-15)8-11(13)6-7-17-16/h1,6-9,12H,4-5,10H2,2H3,(H,17,18). The minimum atomic E-state index is 0.225. The molecule has 2 aromatic rings. The fourth-order valence-corrected chi connectivity index (χ4v) is 2.31. The monoisotopic (exact) mass is 268 g/mol. The molecule has 1 aliphatic heterocycles. The van der Waals surface area contributed by atoms with Gasteiger partial charge in [-0.05, 0) is 30.0 Å². The van der Waals surface area contributed by atoms with Gasteiger partial charge in [-0.3, -0.25) is 0 Å². The Labute approximate surface area is 118 Å². The molecule has 2 heterocycles. The number of hydrogen-bond acceptors (Lipinski definition) is 4. The van der Waals surface area contributed by atoms with Gasteiger partial charge in [0.25, 0.3) is 0 Å². The van der Waals surface area contributed by atoms with E-state index >= 15 is 0 Å². The van der Waals surface area contributed by atoms with Crippen LogP contribution in [0.1, 0.15) is 19.8 Å². The second-order valence-corrected chi connectivity index (χ2v) is 4.74. The Balaban J connectivity index is 2.01. The highest BCUT2D eigenvalue weighted by Gasteiger charge is 2.16. The maximum absolute atomic E-state index is 5.43. The third-order valence-electron chi connectivity index (χ3n) is 3.46. The van der Waals surface area contributed by atoms with E-state index in [1.54, 1.807) is 6.20 Å². The number of ether oxygens (including phenoxy) is 2. The number of rotatable bonds is 4. The molecule has 1 atom stereocenters. The van der Waals surface area contributed by atoms with Gasteiger partial charge in [0.1, 0.15) is 5.82 Å². The van der Waals surface area contributed by atoms with Crippen molar-refractivity contribution in [1.29, 1.82) is 0 Å². The number of hydrogen-bond donors (Lipinski definition) is 1. The van der Waals surface area contributed by atoms with E-state index in [1.165, 1.54) is 0 Å². The number of anilines is 1. The molecule has 4 nitrogen and oxygen atoms in total. The van der Waals surface area contributed by atoms with E-state index in [4.69, 9.17) is 15.9 Å². The molecule has 0 spiro atoms. The Morgan fingerprint density at radius 1 is 1.40 bits per heavy atom. The first-order valence-electron chi connectivity index (χ1n) is 6.70. The zero-order valence-electron chi connectivity index (χ0n) is 11.3. The molecule has 0 saturated carbocycles. The van der Waals surface area contributed by atoms with E-state index in [9.17, 15) is 0 Å². The summed E-state index contributed by atoms with van der Waals surface area (Å²) in [7, 11) is 0. The molecule has 0 aliphatic carbocycles. The van der Waals surface area contributed by atoms with Crippen molar-refractivity contribution in [3.63, 3.8) is 0 Å². The zero-order valence-corrected chi connectivity index (χ0v) is 11.3. The summed E-state index contributed by atoms with van der Waals surface area (Å²) in [5, 5.41) is 5.51. The zero-order chi connectivity index (χ0) is 13.9. The Morgan fingerprint density at radius 2 is 2.20 bits per heavy atom. The van der Waals surface area contributed by atoms with E-state index in [0.717, 1.165) is 34.5 Å². The first kappa shape index (κ1) is 12.6. The molecule has 0 radical (unpaired) electrons. The molecule has 20 heavy (non-hydrogen) atoms. The Kier molecular flexibility index (Phi) is 3.34. The molecular formula is C16H16N2O2. The number of pyridine rings is 1. The van der Waals surface area contributed by atoms with Gasteiger partial charge in [-0.15, -0.1) is 12.3 Å². The minimum Gasteiger partial charge on any atom is -0.454 e. The van der Waals surface area contributed by atoms with Gasteiger partial charge in [-0.1, -0.05) is 6.92 Å². The van der Waals surface area contributed by atoms with Crippen molar-refractivity contribution in [2.45, 2.75) is 25.8 Å². The highest BCUT2D eigenvalue weighted by atomic mass is 16.7. The Bertz CT molecular complexity index is 676. The van der Waals surface area contributed by atoms with Crippen LogP contribution in [0.25, 0.3) is 10.8 Å². The van der Waals surface area contributed by atoms with E-state index in [2.05, 4.69) is 23.1 Å². The number of nitrogens with zero attached hydrogens (tertiary/aromatic N) is 1. The largest absolute Gasteiger partial charge is 0.454 e. The Morgan fingerprint density at radius 3 is 2.95 bits per heavy atom.